The number of hydrogen-bond donors (Lipinski definition) is 2. The third kappa shape index (κ3) is 7.44. The Kier molecular flexibility index (Phi) is 10.5. The van der Waals surface area contributed by atoms with E-state index in [1.807, 2.05) is 19.9 Å². The van der Waals surface area contributed by atoms with Crippen LogP contribution in [-0.4, -0.2) is 64.6 Å². The summed E-state index contributed by atoms with van der Waals surface area (Å²) >= 11 is 0. The van der Waals surface area contributed by atoms with Crippen molar-refractivity contribution in [1.29, 1.82) is 0 Å². The number of carbonyl (C=O) groups is 4. The Morgan fingerprint density at radius 1 is 1.05 bits per heavy atom. The van der Waals surface area contributed by atoms with Gasteiger partial charge >= 0.3 is 11.9 Å². The van der Waals surface area contributed by atoms with Crippen molar-refractivity contribution in [3.05, 3.63) is 77.4 Å². The van der Waals surface area contributed by atoms with Crippen molar-refractivity contribution in [3.63, 3.8) is 0 Å². The highest BCUT2D eigenvalue weighted by atomic mass is 16.7. The molecule has 5 aliphatic rings. The Morgan fingerprint density at radius 3 is 2.62 bits per heavy atom. The Hall–Kier alpha value is -4.52. The minimum Gasteiger partial charge on any atom is -0.457 e. The average Bonchev–Trinajstić information content (AvgIpc) is 3.41. The number of allylic oxidation sites excluding steroid dienone is 4. The molecule has 1 aliphatic heterocycles. The first kappa shape index (κ1) is 38.7. The molecule has 12 nitrogen and oxygen atoms in total. The lowest BCUT2D eigenvalue weighted by atomic mass is 9.46. The van der Waals surface area contributed by atoms with Gasteiger partial charge in [-0.05, 0) is 91.3 Å². The summed E-state index contributed by atoms with van der Waals surface area (Å²) < 4.78 is 22.9. The van der Waals surface area contributed by atoms with Gasteiger partial charge in [0.05, 0.1) is 35.9 Å². The lowest BCUT2D eigenvalue weighted by Crippen LogP contribution is -2.56. The van der Waals surface area contributed by atoms with Crippen LogP contribution in [0.4, 0.5) is 11.4 Å². The molecule has 1 heterocycles. The molecule has 9 atom stereocenters. The zero-order valence-electron chi connectivity index (χ0n) is 32.0. The molecule has 55 heavy (non-hydrogen) atoms. The smallest absolute Gasteiger partial charge is 0.345 e. The third-order valence-electron chi connectivity index (χ3n) is 12.6. The van der Waals surface area contributed by atoms with Gasteiger partial charge in [-0.3, -0.25) is 14.4 Å². The van der Waals surface area contributed by atoms with E-state index < -0.39 is 59.6 Å². The van der Waals surface area contributed by atoms with E-state index in [1.165, 1.54) is 6.07 Å². The van der Waals surface area contributed by atoms with Gasteiger partial charge in [-0.15, -0.1) is 0 Å². The molecule has 292 valence electrons. The van der Waals surface area contributed by atoms with Gasteiger partial charge in [-0.2, -0.15) is 10.2 Å². The number of ether oxygens (including phenoxy) is 4. The SMILES string of the molecule is CCCC(O)OC1CC2C3CCC4=CC(=O)C=CC4(C)C3C(O)CC2(C)C1C(=O)COC(=O)Cc1ccccc1N=Nc1ccc2c(c1)C(=O)OC(C)(C)O2. The van der Waals surface area contributed by atoms with Crippen molar-refractivity contribution < 1.29 is 48.3 Å². The molecule has 4 aliphatic carbocycles. The van der Waals surface area contributed by atoms with Crippen molar-refractivity contribution in [1.82, 2.24) is 0 Å². The summed E-state index contributed by atoms with van der Waals surface area (Å²) in [6.45, 7) is 8.89. The zero-order chi connectivity index (χ0) is 39.3. The van der Waals surface area contributed by atoms with Crippen molar-refractivity contribution in [3.8, 4) is 5.75 Å². The van der Waals surface area contributed by atoms with E-state index in [0.717, 1.165) is 18.4 Å². The van der Waals surface area contributed by atoms with E-state index in [1.54, 1.807) is 62.4 Å². The molecule has 9 unspecified atom stereocenters. The summed E-state index contributed by atoms with van der Waals surface area (Å²) in [4.78, 5) is 52.3. The monoisotopic (exact) mass is 754 g/mol. The number of fused-ring (bicyclic) bond motifs is 6. The maximum Gasteiger partial charge on any atom is 0.345 e. The quantitative estimate of drug-likeness (QED) is 0.138. The number of cyclic esters (lactones) is 1. The molecule has 2 aromatic rings. The van der Waals surface area contributed by atoms with Gasteiger partial charge < -0.3 is 29.2 Å². The molecule has 0 radical (unpaired) electrons. The number of azo groups is 1. The lowest BCUT2D eigenvalue weighted by Gasteiger charge is -2.58. The molecule has 0 amide bonds. The van der Waals surface area contributed by atoms with Gasteiger partial charge in [0, 0.05) is 25.2 Å². The molecular weight excluding hydrogens is 704 g/mol. The molecule has 0 bridgehead atoms. The van der Waals surface area contributed by atoms with Crippen LogP contribution in [0, 0.1) is 34.5 Å². The van der Waals surface area contributed by atoms with Crippen LogP contribution >= 0.6 is 0 Å². The normalized spacial score (nSPS) is 32.3. The number of esters is 2. The first-order valence-electron chi connectivity index (χ1n) is 19.3. The molecule has 0 saturated heterocycles. The highest BCUT2D eigenvalue weighted by Crippen LogP contribution is 2.66. The van der Waals surface area contributed by atoms with Crippen molar-refractivity contribution >= 4 is 34.9 Å². The second-order valence-electron chi connectivity index (χ2n) is 16.6. The molecular formula is C43H50N2O10. The minimum absolute atomic E-state index is 0.00570. The topological polar surface area (TPSA) is 170 Å². The van der Waals surface area contributed by atoms with Gasteiger partial charge in [0.15, 0.2) is 17.9 Å². The standard InChI is InChI=1S/C43H50N2O10/c1-6-9-36(49)53-35-21-30-28-14-12-25-19-27(46)16-17-42(25,4)38(28)32(47)22-43(30,5)39(35)33(48)23-52-37(50)18-24-10-7-8-11-31(24)45-44-26-13-15-34-29(20-26)40(51)55-41(2,3)54-34/h7-8,10-11,13,15-17,19-20,28,30,32,35-36,38-39,47,49H,6,9,12,14,18,21-23H2,1-5H3. The first-order valence-corrected chi connectivity index (χ1v) is 19.3. The van der Waals surface area contributed by atoms with E-state index in [9.17, 15) is 29.4 Å². The van der Waals surface area contributed by atoms with E-state index in [2.05, 4.69) is 17.2 Å². The Balaban J connectivity index is 1.05. The minimum atomic E-state index is -1.08. The lowest BCUT2D eigenvalue weighted by molar-refractivity contribution is -0.170. The zero-order valence-corrected chi connectivity index (χ0v) is 32.0. The van der Waals surface area contributed by atoms with Crippen molar-refractivity contribution in [2.75, 3.05) is 6.61 Å². The summed E-state index contributed by atoms with van der Waals surface area (Å²) in [5.74, 6) is -2.98. The van der Waals surface area contributed by atoms with Crippen LogP contribution in [0.3, 0.4) is 0 Å². The fourth-order valence-corrected chi connectivity index (χ4v) is 10.3. The van der Waals surface area contributed by atoms with E-state index in [4.69, 9.17) is 18.9 Å². The highest BCUT2D eigenvalue weighted by molar-refractivity contribution is 6.01. The maximum absolute atomic E-state index is 14.2. The van der Waals surface area contributed by atoms with Crippen LogP contribution in [0.15, 0.2) is 76.5 Å². The van der Waals surface area contributed by atoms with E-state index >= 15 is 0 Å². The van der Waals surface area contributed by atoms with Crippen LogP contribution < -0.4 is 4.74 Å². The van der Waals surface area contributed by atoms with Gasteiger partial charge in [0.2, 0.25) is 5.79 Å². The van der Waals surface area contributed by atoms with E-state index in [-0.39, 0.29) is 41.3 Å². The number of aliphatic hydroxyl groups is 2. The molecule has 3 fully saturated rings. The van der Waals surface area contributed by atoms with Gasteiger partial charge in [0.25, 0.3) is 0 Å². The molecule has 2 N–H and O–H groups in total. The largest absolute Gasteiger partial charge is 0.457 e. The number of benzene rings is 2. The van der Waals surface area contributed by atoms with Crippen molar-refractivity contribution in [2.45, 2.75) is 104 Å². The summed E-state index contributed by atoms with van der Waals surface area (Å²) in [6.07, 6.45) is 6.15. The van der Waals surface area contributed by atoms with Crippen molar-refractivity contribution in [2.24, 2.45) is 44.7 Å². The Morgan fingerprint density at radius 2 is 1.84 bits per heavy atom. The number of rotatable bonds is 11. The fraction of sp³-hybridized carbons (Fsp3) is 0.535. The number of Topliss-reactive ketones (excluding diaryl/α,β-unsaturated/α-hetero) is 1. The molecule has 3 saturated carbocycles. The summed E-state index contributed by atoms with van der Waals surface area (Å²) in [7, 11) is 0. The van der Waals surface area contributed by atoms with Crippen LogP contribution in [-0.2, 0) is 35.0 Å². The van der Waals surface area contributed by atoms with Crippen LogP contribution in [0.2, 0.25) is 0 Å². The molecule has 12 heteroatoms. The van der Waals surface area contributed by atoms with Crippen LogP contribution in [0.25, 0.3) is 0 Å². The van der Waals surface area contributed by atoms with Crippen LogP contribution in [0.1, 0.15) is 89.1 Å². The number of hydrogen-bond acceptors (Lipinski definition) is 12. The summed E-state index contributed by atoms with van der Waals surface area (Å²) in [6, 6.07) is 11.8. The molecule has 0 aromatic heterocycles. The predicted octanol–water partition coefficient (Wildman–Crippen LogP) is 7.05. The number of ketones is 2. The molecule has 2 aromatic carbocycles. The van der Waals surface area contributed by atoms with E-state index in [0.29, 0.717) is 48.4 Å². The molecule has 7 rings (SSSR count). The Bertz CT molecular complexity index is 1970. The van der Waals surface area contributed by atoms with Gasteiger partial charge in [0.1, 0.15) is 17.9 Å². The first-order chi connectivity index (χ1) is 26.1. The number of carbonyl (C=O) groups excluding carboxylic acids is 4. The summed E-state index contributed by atoms with van der Waals surface area (Å²) in [5.41, 5.74) is 1.46. The fourth-order valence-electron chi connectivity index (χ4n) is 10.3. The number of nitrogens with zero attached hydrogens (tertiary/aromatic N) is 2. The molecule has 0 spiro atoms. The second kappa shape index (κ2) is 14.9. The summed E-state index contributed by atoms with van der Waals surface area (Å²) in [5, 5.41) is 31.3. The second-order valence-corrected chi connectivity index (χ2v) is 16.6. The van der Waals surface area contributed by atoms with Crippen LogP contribution in [0.5, 0.6) is 5.75 Å². The third-order valence-corrected chi connectivity index (χ3v) is 12.6. The van der Waals surface area contributed by atoms with Gasteiger partial charge in [-0.1, -0.05) is 57.0 Å². The number of aliphatic hydroxyl groups excluding tert-OH is 2. The predicted molar refractivity (Wildman–Crippen MR) is 200 cm³/mol. The van der Waals surface area contributed by atoms with Gasteiger partial charge in [-0.25, -0.2) is 4.79 Å². The highest BCUT2D eigenvalue weighted by Gasteiger charge is 2.65. The Labute approximate surface area is 321 Å². The average molecular weight is 755 g/mol. The maximum atomic E-state index is 14.2.